The third-order valence-corrected chi connectivity index (χ3v) is 4.20. The first-order valence-electron chi connectivity index (χ1n) is 8.50. The molecule has 0 aliphatic rings. The van der Waals surface area contributed by atoms with Gasteiger partial charge in [0.2, 0.25) is 0 Å². The van der Waals surface area contributed by atoms with Gasteiger partial charge in [-0.25, -0.2) is 4.39 Å². The molecule has 0 unspecified atom stereocenters. The smallest absolute Gasteiger partial charge is 0.193 e. The predicted molar refractivity (Wildman–Crippen MR) is 99.7 cm³/mol. The summed E-state index contributed by atoms with van der Waals surface area (Å²) in [6.07, 6.45) is 0.929. The molecule has 0 bridgehead atoms. The molecule has 0 saturated carbocycles. The van der Waals surface area contributed by atoms with Crippen molar-refractivity contribution in [3.8, 4) is 22.8 Å². The highest BCUT2D eigenvalue weighted by Crippen LogP contribution is 2.32. The van der Waals surface area contributed by atoms with E-state index in [9.17, 15) is 9.18 Å². The first-order valence-corrected chi connectivity index (χ1v) is 8.50. The van der Waals surface area contributed by atoms with Gasteiger partial charge in [-0.2, -0.15) is 0 Å². The zero-order chi connectivity index (χ0) is 18.8. The summed E-state index contributed by atoms with van der Waals surface area (Å²) >= 11 is 0. The SMILES string of the molecule is CCCOc1c(C)cc(-c2cc(=O)c3cc(F)c(OC)cc3o2)cc1C. The fourth-order valence-electron chi connectivity index (χ4n) is 2.98. The summed E-state index contributed by atoms with van der Waals surface area (Å²) in [6, 6.07) is 7.76. The zero-order valence-corrected chi connectivity index (χ0v) is 15.3. The van der Waals surface area contributed by atoms with Gasteiger partial charge in [0.15, 0.2) is 17.0 Å². The number of ether oxygens (including phenoxy) is 2. The lowest BCUT2D eigenvalue weighted by Crippen LogP contribution is -2.03. The summed E-state index contributed by atoms with van der Waals surface area (Å²) in [7, 11) is 1.37. The standard InChI is InChI=1S/C21H21FO4/c1-5-6-25-21-12(2)7-14(8-13(21)3)18-10-17(23)15-9-16(22)20(24-4)11-19(15)26-18/h7-11H,5-6H2,1-4H3. The molecule has 0 radical (unpaired) electrons. The molecular weight excluding hydrogens is 335 g/mol. The maximum absolute atomic E-state index is 13.9. The molecule has 2 aromatic carbocycles. The molecule has 0 spiro atoms. The van der Waals surface area contributed by atoms with Crippen molar-refractivity contribution in [1.82, 2.24) is 0 Å². The molecule has 0 saturated heterocycles. The van der Waals surface area contributed by atoms with Crippen LogP contribution in [0.2, 0.25) is 0 Å². The molecule has 0 fully saturated rings. The minimum atomic E-state index is -0.593. The summed E-state index contributed by atoms with van der Waals surface area (Å²) in [6.45, 7) is 6.62. The van der Waals surface area contributed by atoms with Crippen LogP contribution in [0.4, 0.5) is 4.39 Å². The lowest BCUT2D eigenvalue weighted by Gasteiger charge is -2.13. The Labute approximate surface area is 151 Å². The molecule has 4 nitrogen and oxygen atoms in total. The highest BCUT2D eigenvalue weighted by atomic mass is 19.1. The maximum atomic E-state index is 13.9. The fraction of sp³-hybridized carbons (Fsp3) is 0.286. The normalized spacial score (nSPS) is 11.0. The third-order valence-electron chi connectivity index (χ3n) is 4.20. The molecule has 3 aromatic rings. The van der Waals surface area contributed by atoms with E-state index >= 15 is 0 Å². The zero-order valence-electron chi connectivity index (χ0n) is 15.3. The molecular formula is C21H21FO4. The van der Waals surface area contributed by atoms with E-state index in [1.807, 2.05) is 26.0 Å². The summed E-state index contributed by atoms with van der Waals surface area (Å²) in [5, 5.41) is 0.184. The summed E-state index contributed by atoms with van der Waals surface area (Å²) in [5.74, 6) is 0.713. The van der Waals surface area contributed by atoms with Gasteiger partial charge in [0.1, 0.15) is 17.1 Å². The van der Waals surface area contributed by atoms with Gasteiger partial charge in [-0.05, 0) is 49.6 Å². The maximum Gasteiger partial charge on any atom is 0.193 e. The Kier molecular flexibility index (Phi) is 4.98. The number of benzene rings is 2. The quantitative estimate of drug-likeness (QED) is 0.644. The minimum absolute atomic E-state index is 0.0356. The molecule has 0 aliphatic carbocycles. The topological polar surface area (TPSA) is 48.7 Å². The number of fused-ring (bicyclic) bond motifs is 1. The first kappa shape index (κ1) is 18.0. The van der Waals surface area contributed by atoms with E-state index in [0.717, 1.165) is 34.9 Å². The van der Waals surface area contributed by atoms with E-state index in [1.165, 1.54) is 19.2 Å². The minimum Gasteiger partial charge on any atom is -0.494 e. The summed E-state index contributed by atoms with van der Waals surface area (Å²) in [5.41, 5.74) is 2.68. The summed E-state index contributed by atoms with van der Waals surface area (Å²) in [4.78, 5) is 12.4. The van der Waals surface area contributed by atoms with Gasteiger partial charge in [-0.1, -0.05) is 6.92 Å². The van der Waals surface area contributed by atoms with Gasteiger partial charge in [0.05, 0.1) is 19.1 Å². The van der Waals surface area contributed by atoms with Gasteiger partial charge in [-0.3, -0.25) is 4.79 Å². The van der Waals surface area contributed by atoms with Crippen molar-refractivity contribution in [1.29, 1.82) is 0 Å². The van der Waals surface area contributed by atoms with Gasteiger partial charge < -0.3 is 13.9 Å². The van der Waals surface area contributed by atoms with Crippen LogP contribution in [0.25, 0.3) is 22.3 Å². The second-order valence-electron chi connectivity index (χ2n) is 6.25. The Bertz CT molecular complexity index is 997. The van der Waals surface area contributed by atoms with Crippen molar-refractivity contribution in [2.75, 3.05) is 13.7 Å². The Balaban J connectivity index is 2.13. The molecule has 3 rings (SSSR count). The Morgan fingerprint density at radius 2 is 1.77 bits per heavy atom. The molecule has 0 N–H and O–H groups in total. The lowest BCUT2D eigenvalue weighted by molar-refractivity contribution is 0.313. The highest BCUT2D eigenvalue weighted by Gasteiger charge is 2.14. The average Bonchev–Trinajstić information content (AvgIpc) is 2.61. The van der Waals surface area contributed by atoms with Gasteiger partial charge in [0.25, 0.3) is 0 Å². The van der Waals surface area contributed by atoms with E-state index in [0.29, 0.717) is 12.4 Å². The van der Waals surface area contributed by atoms with Crippen LogP contribution < -0.4 is 14.9 Å². The third kappa shape index (κ3) is 3.29. The van der Waals surface area contributed by atoms with Gasteiger partial charge in [0, 0.05) is 17.7 Å². The van der Waals surface area contributed by atoms with Crippen molar-refractivity contribution in [3.05, 3.63) is 57.5 Å². The Hall–Kier alpha value is -2.82. The number of hydrogen-bond acceptors (Lipinski definition) is 4. The molecule has 5 heteroatoms. The van der Waals surface area contributed by atoms with Crippen LogP contribution in [0.3, 0.4) is 0 Å². The molecule has 1 heterocycles. The average molecular weight is 356 g/mol. The lowest BCUT2D eigenvalue weighted by atomic mass is 10.0. The van der Waals surface area contributed by atoms with E-state index in [4.69, 9.17) is 13.9 Å². The van der Waals surface area contributed by atoms with E-state index in [2.05, 4.69) is 6.92 Å². The van der Waals surface area contributed by atoms with Crippen molar-refractivity contribution >= 4 is 11.0 Å². The van der Waals surface area contributed by atoms with Crippen LogP contribution in [0, 0.1) is 19.7 Å². The number of aryl methyl sites for hydroxylation is 2. The fourth-order valence-corrected chi connectivity index (χ4v) is 2.98. The predicted octanol–water partition coefficient (Wildman–Crippen LogP) is 5.01. The Morgan fingerprint density at radius 3 is 2.38 bits per heavy atom. The number of rotatable bonds is 5. The number of halogens is 1. The van der Waals surface area contributed by atoms with E-state index < -0.39 is 5.82 Å². The van der Waals surface area contributed by atoms with Crippen molar-refractivity contribution < 1.29 is 18.3 Å². The first-order chi connectivity index (χ1) is 12.4. The van der Waals surface area contributed by atoms with Crippen molar-refractivity contribution in [3.63, 3.8) is 0 Å². The largest absolute Gasteiger partial charge is 0.494 e. The van der Waals surface area contributed by atoms with Crippen LogP contribution in [0.5, 0.6) is 11.5 Å². The number of methoxy groups -OCH3 is 1. The number of hydrogen-bond donors (Lipinski definition) is 0. The van der Waals surface area contributed by atoms with Crippen molar-refractivity contribution in [2.24, 2.45) is 0 Å². The molecule has 26 heavy (non-hydrogen) atoms. The van der Waals surface area contributed by atoms with Crippen LogP contribution in [-0.4, -0.2) is 13.7 Å². The molecule has 136 valence electrons. The van der Waals surface area contributed by atoms with Crippen LogP contribution >= 0.6 is 0 Å². The Morgan fingerprint density at radius 1 is 1.08 bits per heavy atom. The summed E-state index contributed by atoms with van der Waals surface area (Å²) < 4.78 is 30.5. The monoisotopic (exact) mass is 356 g/mol. The molecule has 1 aromatic heterocycles. The van der Waals surface area contributed by atoms with Crippen LogP contribution in [0.15, 0.2) is 39.5 Å². The van der Waals surface area contributed by atoms with Gasteiger partial charge >= 0.3 is 0 Å². The second kappa shape index (κ2) is 7.20. The van der Waals surface area contributed by atoms with Gasteiger partial charge in [-0.15, -0.1) is 0 Å². The van der Waals surface area contributed by atoms with Crippen molar-refractivity contribution in [2.45, 2.75) is 27.2 Å². The van der Waals surface area contributed by atoms with Crippen LogP contribution in [-0.2, 0) is 0 Å². The molecule has 0 atom stereocenters. The highest BCUT2D eigenvalue weighted by molar-refractivity contribution is 5.80. The second-order valence-corrected chi connectivity index (χ2v) is 6.25. The van der Waals surface area contributed by atoms with E-state index in [1.54, 1.807) is 0 Å². The van der Waals surface area contributed by atoms with E-state index in [-0.39, 0.29) is 22.1 Å². The molecule has 0 aliphatic heterocycles. The van der Waals surface area contributed by atoms with Crippen LogP contribution in [0.1, 0.15) is 24.5 Å². The molecule has 0 amide bonds.